The molecule has 0 amide bonds. The second-order valence-electron chi connectivity index (χ2n) is 2.10. The Morgan fingerprint density at radius 3 is 2.08 bits per heavy atom. The zero-order valence-corrected chi connectivity index (χ0v) is 9.96. The molecule has 0 aliphatic rings. The van der Waals surface area contributed by atoms with Crippen LogP contribution in [0.4, 0.5) is 8.78 Å². The van der Waals surface area contributed by atoms with Crippen molar-refractivity contribution in [1.82, 2.24) is 0 Å². The Kier molecular flexibility index (Phi) is 3.54. The highest BCUT2D eigenvalue weighted by Crippen LogP contribution is 2.37. The van der Waals surface area contributed by atoms with Gasteiger partial charge >= 0.3 is 5.57 Å². The first-order chi connectivity index (χ1) is 5.90. The Labute approximate surface area is 95.3 Å². The number of alkyl halides is 3. The van der Waals surface area contributed by atoms with Crippen molar-refractivity contribution in [2.24, 2.45) is 0 Å². The molecule has 1 aromatic carbocycles. The summed E-state index contributed by atoms with van der Waals surface area (Å²) < 4.78 is 29.6. The van der Waals surface area contributed by atoms with Gasteiger partial charge in [0.1, 0.15) is 0 Å². The van der Waals surface area contributed by atoms with Gasteiger partial charge in [0.05, 0.1) is 8.95 Å². The monoisotopic (exact) mass is 334 g/mol. The van der Waals surface area contributed by atoms with Gasteiger partial charge in [-0.1, -0.05) is 6.07 Å². The van der Waals surface area contributed by atoms with E-state index in [0.29, 0.717) is 8.95 Å². The molecule has 0 aliphatic carbocycles. The zero-order valence-electron chi connectivity index (χ0n) is 6.03. The van der Waals surface area contributed by atoms with Crippen molar-refractivity contribution in [1.29, 1.82) is 0 Å². The SMILES string of the molecule is FC(F)(Cl)Oc1c(Br)cccc1Br. The Morgan fingerprint density at radius 1 is 1.23 bits per heavy atom. The highest BCUT2D eigenvalue weighted by atomic mass is 79.9. The number of hydrogen-bond donors (Lipinski definition) is 0. The molecule has 72 valence electrons. The molecule has 1 aromatic rings. The quantitative estimate of drug-likeness (QED) is 0.728. The third kappa shape index (κ3) is 3.40. The molecule has 0 heterocycles. The Balaban J connectivity index is 3.00. The van der Waals surface area contributed by atoms with Crippen molar-refractivity contribution in [2.45, 2.75) is 5.57 Å². The predicted octanol–water partition coefficient (Wildman–Crippen LogP) is 4.38. The number of ether oxygens (including phenoxy) is 1. The Bertz CT molecular complexity index is 294. The second kappa shape index (κ2) is 4.11. The normalized spacial score (nSPS) is 11.5. The van der Waals surface area contributed by atoms with Crippen molar-refractivity contribution in [3.63, 3.8) is 0 Å². The number of hydrogen-bond acceptors (Lipinski definition) is 1. The summed E-state index contributed by atoms with van der Waals surface area (Å²) in [4.78, 5) is 0. The summed E-state index contributed by atoms with van der Waals surface area (Å²) in [6.07, 6.45) is 0. The Hall–Kier alpha value is 0.130. The van der Waals surface area contributed by atoms with Gasteiger partial charge in [-0.2, -0.15) is 0 Å². The smallest absolute Gasteiger partial charge is 0.418 e. The fourth-order valence-electron chi connectivity index (χ4n) is 0.696. The van der Waals surface area contributed by atoms with E-state index in [2.05, 4.69) is 48.2 Å². The van der Waals surface area contributed by atoms with Gasteiger partial charge in [-0.05, 0) is 44.0 Å². The van der Waals surface area contributed by atoms with Crippen molar-refractivity contribution in [3.8, 4) is 5.75 Å². The highest BCUT2D eigenvalue weighted by molar-refractivity contribution is 9.11. The molecule has 1 rings (SSSR count). The topological polar surface area (TPSA) is 9.23 Å². The average molecular weight is 336 g/mol. The summed E-state index contributed by atoms with van der Waals surface area (Å²) in [5.41, 5.74) is -3.70. The first-order valence-corrected chi connectivity index (χ1v) is 5.06. The zero-order chi connectivity index (χ0) is 10.1. The van der Waals surface area contributed by atoms with Gasteiger partial charge in [-0.15, -0.1) is 8.78 Å². The van der Waals surface area contributed by atoms with E-state index in [1.165, 1.54) is 0 Å². The average Bonchev–Trinajstić information content (AvgIpc) is 1.95. The van der Waals surface area contributed by atoms with Crippen LogP contribution in [0.3, 0.4) is 0 Å². The van der Waals surface area contributed by atoms with Gasteiger partial charge in [-0.3, -0.25) is 0 Å². The maximum Gasteiger partial charge on any atom is 0.487 e. The van der Waals surface area contributed by atoms with Crippen molar-refractivity contribution in [3.05, 3.63) is 27.1 Å². The van der Waals surface area contributed by atoms with Gasteiger partial charge < -0.3 is 4.74 Å². The molecule has 0 aliphatic heterocycles. The molecule has 0 unspecified atom stereocenters. The summed E-state index contributed by atoms with van der Waals surface area (Å²) >= 11 is 10.7. The summed E-state index contributed by atoms with van der Waals surface area (Å²) in [6.45, 7) is 0. The first-order valence-electron chi connectivity index (χ1n) is 3.10. The minimum atomic E-state index is -3.70. The van der Waals surface area contributed by atoms with Crippen LogP contribution in [-0.2, 0) is 0 Å². The largest absolute Gasteiger partial charge is 0.487 e. The van der Waals surface area contributed by atoms with Gasteiger partial charge in [0.2, 0.25) is 0 Å². The minimum absolute atomic E-state index is 0.0255. The Morgan fingerprint density at radius 2 is 1.69 bits per heavy atom. The van der Waals surface area contributed by atoms with Crippen LogP contribution in [0.1, 0.15) is 0 Å². The molecule has 0 radical (unpaired) electrons. The molecule has 0 bridgehead atoms. The van der Waals surface area contributed by atoms with Crippen LogP contribution in [-0.4, -0.2) is 5.57 Å². The molecule has 0 aromatic heterocycles. The third-order valence-electron chi connectivity index (χ3n) is 1.14. The van der Waals surface area contributed by atoms with Crippen molar-refractivity contribution in [2.75, 3.05) is 0 Å². The fraction of sp³-hybridized carbons (Fsp3) is 0.143. The van der Waals surface area contributed by atoms with E-state index in [4.69, 9.17) is 0 Å². The lowest BCUT2D eigenvalue weighted by Crippen LogP contribution is -2.16. The van der Waals surface area contributed by atoms with Gasteiger partial charge in [-0.25, -0.2) is 0 Å². The molecular weight excluding hydrogens is 333 g/mol. The van der Waals surface area contributed by atoms with Crippen LogP contribution in [0.15, 0.2) is 27.1 Å². The summed E-state index contributed by atoms with van der Waals surface area (Å²) in [5, 5.41) is 0. The molecule has 0 saturated carbocycles. The standard InChI is InChI=1S/C7H3Br2ClF2O/c8-4-2-1-3-5(9)6(4)13-7(10,11)12/h1-3H. The molecule has 0 saturated heterocycles. The maximum absolute atomic E-state index is 12.3. The molecule has 0 spiro atoms. The van der Waals surface area contributed by atoms with E-state index < -0.39 is 5.57 Å². The highest BCUT2D eigenvalue weighted by Gasteiger charge is 2.29. The fourth-order valence-corrected chi connectivity index (χ4v) is 1.93. The van der Waals surface area contributed by atoms with Crippen LogP contribution >= 0.6 is 43.5 Å². The van der Waals surface area contributed by atoms with Gasteiger partial charge in [0.25, 0.3) is 0 Å². The van der Waals surface area contributed by atoms with Crippen LogP contribution in [0.5, 0.6) is 5.75 Å². The maximum atomic E-state index is 12.3. The molecule has 1 nitrogen and oxygen atoms in total. The number of halogens is 5. The first kappa shape index (κ1) is 11.2. The number of para-hydroxylation sites is 1. The van der Waals surface area contributed by atoms with Crippen LogP contribution in [0.2, 0.25) is 0 Å². The molecule has 6 heteroatoms. The van der Waals surface area contributed by atoms with E-state index in [1.807, 2.05) is 0 Å². The lowest BCUT2D eigenvalue weighted by atomic mass is 10.3. The second-order valence-corrected chi connectivity index (χ2v) is 4.25. The van der Waals surface area contributed by atoms with Crippen LogP contribution < -0.4 is 4.74 Å². The summed E-state index contributed by atoms with van der Waals surface area (Å²) in [5.74, 6) is -0.0255. The van der Waals surface area contributed by atoms with Gasteiger partial charge in [0, 0.05) is 11.6 Å². The summed E-state index contributed by atoms with van der Waals surface area (Å²) in [6, 6.07) is 4.82. The molecule has 13 heavy (non-hydrogen) atoms. The lowest BCUT2D eigenvalue weighted by molar-refractivity contribution is -0.0973. The number of rotatable bonds is 2. The molecule has 0 N–H and O–H groups in total. The van der Waals surface area contributed by atoms with E-state index in [-0.39, 0.29) is 5.75 Å². The van der Waals surface area contributed by atoms with Crippen molar-refractivity contribution >= 4 is 43.5 Å². The minimum Gasteiger partial charge on any atom is -0.418 e. The molecule has 0 atom stereocenters. The van der Waals surface area contributed by atoms with Crippen LogP contribution in [0, 0.1) is 0 Å². The third-order valence-corrected chi connectivity index (χ3v) is 2.46. The van der Waals surface area contributed by atoms with E-state index in [0.717, 1.165) is 0 Å². The predicted molar refractivity (Wildman–Crippen MR) is 53.3 cm³/mol. The lowest BCUT2D eigenvalue weighted by Gasteiger charge is -2.13. The van der Waals surface area contributed by atoms with Crippen LogP contribution in [0.25, 0.3) is 0 Å². The van der Waals surface area contributed by atoms with Crippen molar-refractivity contribution < 1.29 is 13.5 Å². The number of benzene rings is 1. The van der Waals surface area contributed by atoms with E-state index >= 15 is 0 Å². The summed E-state index contributed by atoms with van der Waals surface area (Å²) in [7, 11) is 0. The van der Waals surface area contributed by atoms with E-state index in [9.17, 15) is 8.78 Å². The van der Waals surface area contributed by atoms with E-state index in [1.54, 1.807) is 18.2 Å². The molecular formula is C7H3Br2ClF2O. The molecule has 0 fully saturated rings. The van der Waals surface area contributed by atoms with Gasteiger partial charge in [0.15, 0.2) is 5.75 Å².